The molecule has 1 aromatic heterocycles. The number of carbonyl (C=O) groups is 3. The van der Waals surface area contributed by atoms with Gasteiger partial charge in [0.1, 0.15) is 12.3 Å². The number of imide groups is 1. The van der Waals surface area contributed by atoms with E-state index in [1.54, 1.807) is 7.11 Å². The molecule has 0 spiro atoms. The average Bonchev–Trinajstić information content (AvgIpc) is 3.21. The highest BCUT2D eigenvalue weighted by atomic mass is 32.1. The molecule has 1 aromatic carbocycles. The summed E-state index contributed by atoms with van der Waals surface area (Å²) in [4.78, 5) is 44.0. The Morgan fingerprint density at radius 3 is 2.38 bits per heavy atom. The Bertz CT molecular complexity index is 970. The molecule has 150 valence electrons. The van der Waals surface area contributed by atoms with Crippen LogP contribution in [0.3, 0.4) is 0 Å². The third-order valence-corrected chi connectivity index (χ3v) is 6.19. The predicted octanol–water partition coefficient (Wildman–Crippen LogP) is 3.02. The molecule has 1 N–H and O–H groups in total. The number of thiazole rings is 1. The zero-order chi connectivity index (χ0) is 20.5. The number of nitrogens with one attached hydrogen (secondary N) is 1. The molecular formula is C21H21N3O4S. The number of allylic oxidation sites excluding steroid dienone is 2. The highest BCUT2D eigenvalue weighted by molar-refractivity contribution is 7.16. The SMILES string of the molecule is COc1ccc(-c2nc(NC(=O)CN3C(=O)[C@H]4CC=CC[C@H]4C3=O)sc2C)cc1. The molecule has 2 heterocycles. The topological polar surface area (TPSA) is 88.6 Å². The van der Waals surface area contributed by atoms with Gasteiger partial charge in [-0.2, -0.15) is 0 Å². The van der Waals surface area contributed by atoms with Crippen LogP contribution < -0.4 is 10.1 Å². The van der Waals surface area contributed by atoms with Crippen molar-refractivity contribution in [2.24, 2.45) is 11.8 Å². The molecular weight excluding hydrogens is 390 g/mol. The lowest BCUT2D eigenvalue weighted by Gasteiger charge is -2.14. The van der Waals surface area contributed by atoms with Gasteiger partial charge in [-0.15, -0.1) is 11.3 Å². The summed E-state index contributed by atoms with van der Waals surface area (Å²) in [5.74, 6) is -0.838. The van der Waals surface area contributed by atoms with Gasteiger partial charge in [-0.1, -0.05) is 12.2 Å². The van der Waals surface area contributed by atoms with Crippen LogP contribution in [0.1, 0.15) is 17.7 Å². The lowest BCUT2D eigenvalue weighted by Crippen LogP contribution is -2.38. The third kappa shape index (κ3) is 3.67. The van der Waals surface area contributed by atoms with Crippen molar-refractivity contribution >= 4 is 34.2 Å². The lowest BCUT2D eigenvalue weighted by atomic mass is 9.85. The number of methoxy groups -OCH3 is 1. The maximum absolute atomic E-state index is 12.5. The number of nitrogens with zero attached hydrogens (tertiary/aromatic N) is 2. The van der Waals surface area contributed by atoms with Crippen molar-refractivity contribution in [1.82, 2.24) is 9.88 Å². The number of anilines is 1. The second kappa shape index (κ2) is 7.79. The molecule has 7 nitrogen and oxygen atoms in total. The number of aryl methyl sites for hydroxylation is 1. The Labute approximate surface area is 172 Å². The number of hydrogen-bond donors (Lipinski definition) is 1. The van der Waals surface area contributed by atoms with Crippen LogP contribution in [0, 0.1) is 18.8 Å². The average molecular weight is 411 g/mol. The first-order valence-corrected chi connectivity index (χ1v) is 10.2. The van der Waals surface area contributed by atoms with Crippen molar-refractivity contribution in [2.45, 2.75) is 19.8 Å². The number of hydrogen-bond acceptors (Lipinski definition) is 6. The molecule has 0 unspecified atom stereocenters. The first kappa shape index (κ1) is 19.3. The quantitative estimate of drug-likeness (QED) is 0.604. The van der Waals surface area contributed by atoms with Crippen LogP contribution in [0.5, 0.6) is 5.75 Å². The summed E-state index contributed by atoms with van der Waals surface area (Å²) < 4.78 is 5.17. The summed E-state index contributed by atoms with van der Waals surface area (Å²) in [6.07, 6.45) is 4.97. The van der Waals surface area contributed by atoms with E-state index < -0.39 is 5.91 Å². The number of amides is 3. The Balaban J connectivity index is 1.44. The van der Waals surface area contributed by atoms with Crippen molar-refractivity contribution in [1.29, 1.82) is 0 Å². The van der Waals surface area contributed by atoms with Gasteiger partial charge in [0.05, 0.1) is 24.6 Å². The second-order valence-electron chi connectivity index (χ2n) is 7.12. The minimum atomic E-state index is -0.423. The van der Waals surface area contributed by atoms with Crippen LogP contribution >= 0.6 is 11.3 Å². The van der Waals surface area contributed by atoms with Crippen LogP contribution in [-0.2, 0) is 14.4 Å². The number of fused-ring (bicyclic) bond motifs is 1. The van der Waals surface area contributed by atoms with Crippen molar-refractivity contribution in [3.05, 3.63) is 41.3 Å². The summed E-state index contributed by atoms with van der Waals surface area (Å²) in [5, 5.41) is 3.17. The maximum atomic E-state index is 12.5. The molecule has 2 atom stereocenters. The molecule has 8 heteroatoms. The van der Waals surface area contributed by atoms with E-state index in [0.29, 0.717) is 18.0 Å². The van der Waals surface area contributed by atoms with E-state index in [4.69, 9.17) is 4.74 Å². The van der Waals surface area contributed by atoms with E-state index in [0.717, 1.165) is 26.8 Å². The van der Waals surface area contributed by atoms with Crippen LogP contribution in [-0.4, -0.2) is 41.3 Å². The number of likely N-dealkylation sites (tertiary alicyclic amines) is 1. The normalized spacial score (nSPS) is 20.7. The molecule has 1 aliphatic carbocycles. The molecule has 0 radical (unpaired) electrons. The number of carbonyl (C=O) groups excluding carboxylic acids is 3. The van der Waals surface area contributed by atoms with Gasteiger partial charge in [0.15, 0.2) is 5.13 Å². The van der Waals surface area contributed by atoms with Gasteiger partial charge >= 0.3 is 0 Å². The van der Waals surface area contributed by atoms with Gasteiger partial charge in [-0.05, 0) is 44.0 Å². The standard InChI is InChI=1S/C21H21N3O4S/c1-12-18(13-7-9-14(28-2)10-8-13)23-21(29-12)22-17(25)11-24-19(26)15-5-3-4-6-16(15)20(24)27/h3-4,7-10,15-16H,5-6,11H2,1-2H3,(H,22,23,25)/t15-,16+. The van der Waals surface area contributed by atoms with E-state index in [9.17, 15) is 14.4 Å². The summed E-state index contributed by atoms with van der Waals surface area (Å²) in [6, 6.07) is 7.52. The fourth-order valence-electron chi connectivity index (χ4n) is 3.79. The molecule has 4 rings (SSSR count). The van der Waals surface area contributed by atoms with E-state index in [1.807, 2.05) is 43.3 Å². The van der Waals surface area contributed by atoms with E-state index in [-0.39, 0.29) is 30.2 Å². The second-order valence-corrected chi connectivity index (χ2v) is 8.32. The van der Waals surface area contributed by atoms with Gasteiger partial charge in [0, 0.05) is 10.4 Å². The number of ether oxygens (including phenoxy) is 1. The molecule has 1 fully saturated rings. The number of benzene rings is 1. The Morgan fingerprint density at radius 2 is 1.79 bits per heavy atom. The van der Waals surface area contributed by atoms with Crippen molar-refractivity contribution in [3.8, 4) is 17.0 Å². The highest BCUT2D eigenvalue weighted by Gasteiger charge is 2.47. The maximum Gasteiger partial charge on any atom is 0.246 e. The van der Waals surface area contributed by atoms with E-state index >= 15 is 0 Å². The smallest absolute Gasteiger partial charge is 0.246 e. The summed E-state index contributed by atoms with van der Waals surface area (Å²) >= 11 is 1.35. The highest BCUT2D eigenvalue weighted by Crippen LogP contribution is 2.35. The summed E-state index contributed by atoms with van der Waals surface area (Å²) in [7, 11) is 1.61. The van der Waals surface area contributed by atoms with Gasteiger partial charge in [0.25, 0.3) is 0 Å². The number of aromatic nitrogens is 1. The summed E-state index contributed by atoms with van der Waals surface area (Å²) in [6.45, 7) is 1.65. The molecule has 0 saturated carbocycles. The van der Waals surface area contributed by atoms with Crippen LogP contribution in [0.15, 0.2) is 36.4 Å². The monoisotopic (exact) mass is 411 g/mol. The van der Waals surface area contributed by atoms with E-state index in [2.05, 4.69) is 10.3 Å². The van der Waals surface area contributed by atoms with Crippen LogP contribution in [0.4, 0.5) is 5.13 Å². The molecule has 2 aromatic rings. The van der Waals surface area contributed by atoms with Crippen LogP contribution in [0.25, 0.3) is 11.3 Å². The zero-order valence-electron chi connectivity index (χ0n) is 16.2. The van der Waals surface area contributed by atoms with E-state index in [1.165, 1.54) is 11.3 Å². The number of rotatable bonds is 5. The summed E-state index contributed by atoms with van der Waals surface area (Å²) in [5.41, 5.74) is 1.69. The Hall–Kier alpha value is -3.00. The van der Waals surface area contributed by atoms with Gasteiger partial charge in [-0.25, -0.2) is 4.98 Å². The predicted molar refractivity (Wildman–Crippen MR) is 110 cm³/mol. The third-order valence-electron chi connectivity index (χ3n) is 5.31. The van der Waals surface area contributed by atoms with Gasteiger partial charge in [-0.3, -0.25) is 19.3 Å². The minimum Gasteiger partial charge on any atom is -0.497 e. The Kier molecular flexibility index (Phi) is 5.19. The minimum absolute atomic E-state index is 0.256. The molecule has 1 saturated heterocycles. The molecule has 2 aliphatic rings. The molecule has 0 bridgehead atoms. The molecule has 1 aliphatic heterocycles. The van der Waals surface area contributed by atoms with Crippen molar-refractivity contribution in [3.63, 3.8) is 0 Å². The molecule has 29 heavy (non-hydrogen) atoms. The zero-order valence-corrected chi connectivity index (χ0v) is 17.0. The van der Waals surface area contributed by atoms with Crippen LogP contribution in [0.2, 0.25) is 0 Å². The fraction of sp³-hybridized carbons (Fsp3) is 0.333. The first-order chi connectivity index (χ1) is 14.0. The lowest BCUT2D eigenvalue weighted by molar-refractivity contribution is -0.142. The van der Waals surface area contributed by atoms with Gasteiger partial charge < -0.3 is 10.1 Å². The fourth-order valence-corrected chi connectivity index (χ4v) is 4.65. The van der Waals surface area contributed by atoms with Crippen molar-refractivity contribution in [2.75, 3.05) is 19.0 Å². The largest absolute Gasteiger partial charge is 0.497 e. The first-order valence-electron chi connectivity index (χ1n) is 9.40. The Morgan fingerprint density at radius 1 is 1.17 bits per heavy atom. The van der Waals surface area contributed by atoms with Gasteiger partial charge in [0.2, 0.25) is 17.7 Å². The van der Waals surface area contributed by atoms with Crippen molar-refractivity contribution < 1.29 is 19.1 Å². The molecule has 3 amide bonds.